The van der Waals surface area contributed by atoms with Gasteiger partial charge in [-0.05, 0) is 24.6 Å². The van der Waals surface area contributed by atoms with E-state index >= 15 is 0 Å². The number of nitrogens with zero attached hydrogens (tertiary/aromatic N) is 1. The summed E-state index contributed by atoms with van der Waals surface area (Å²) in [5, 5.41) is 2.87. The second-order valence-corrected chi connectivity index (χ2v) is 6.01. The minimum Gasteiger partial charge on any atom is -0.342 e. The molecule has 20 heavy (non-hydrogen) atoms. The van der Waals surface area contributed by atoms with Crippen LogP contribution in [0.2, 0.25) is 0 Å². The summed E-state index contributed by atoms with van der Waals surface area (Å²) in [6.07, 6.45) is 2.37. The van der Waals surface area contributed by atoms with Crippen LogP contribution in [0.3, 0.4) is 0 Å². The number of amides is 2. The van der Waals surface area contributed by atoms with Gasteiger partial charge in [-0.1, -0.05) is 35.3 Å². The average molecular weight is 339 g/mol. The molecular formula is C15H19BrN2O2. The van der Waals surface area contributed by atoms with E-state index in [4.69, 9.17) is 0 Å². The minimum absolute atomic E-state index is 0.0737. The van der Waals surface area contributed by atoms with Crippen LogP contribution in [0.1, 0.15) is 26.2 Å². The van der Waals surface area contributed by atoms with Gasteiger partial charge in [0.25, 0.3) is 0 Å². The quantitative estimate of drug-likeness (QED) is 0.896. The highest BCUT2D eigenvalue weighted by Crippen LogP contribution is 2.21. The highest BCUT2D eigenvalue weighted by molar-refractivity contribution is 9.10. The number of carbonyl (C=O) groups is 2. The Bertz CT molecular complexity index is 504. The normalized spacial score (nSPS) is 18.4. The topological polar surface area (TPSA) is 49.4 Å². The highest BCUT2D eigenvalue weighted by atomic mass is 79.9. The van der Waals surface area contributed by atoms with Gasteiger partial charge in [-0.25, -0.2) is 0 Å². The molecule has 2 amide bonds. The molecule has 108 valence electrons. The summed E-state index contributed by atoms with van der Waals surface area (Å²) in [6, 6.07) is 7.46. The molecule has 0 aromatic heterocycles. The minimum atomic E-state index is -0.238. The third kappa shape index (κ3) is 3.82. The van der Waals surface area contributed by atoms with E-state index in [1.54, 1.807) is 4.90 Å². The SMILES string of the molecule is CCCCN1CC(C(=O)Nc2cccc(Br)c2)CC1=O. The Morgan fingerprint density at radius 1 is 1.50 bits per heavy atom. The lowest BCUT2D eigenvalue weighted by Gasteiger charge is -2.16. The van der Waals surface area contributed by atoms with Crippen LogP contribution in [-0.2, 0) is 9.59 Å². The van der Waals surface area contributed by atoms with Gasteiger partial charge in [0, 0.05) is 29.7 Å². The predicted molar refractivity (Wildman–Crippen MR) is 82.4 cm³/mol. The van der Waals surface area contributed by atoms with Crippen molar-refractivity contribution in [2.75, 3.05) is 18.4 Å². The van der Waals surface area contributed by atoms with Crippen LogP contribution in [0.15, 0.2) is 28.7 Å². The van der Waals surface area contributed by atoms with Crippen molar-refractivity contribution < 1.29 is 9.59 Å². The Morgan fingerprint density at radius 3 is 3.00 bits per heavy atom. The lowest BCUT2D eigenvalue weighted by molar-refractivity contribution is -0.128. The maximum Gasteiger partial charge on any atom is 0.229 e. The number of carbonyl (C=O) groups excluding carboxylic acids is 2. The number of rotatable bonds is 5. The van der Waals surface area contributed by atoms with Gasteiger partial charge in [0.2, 0.25) is 11.8 Å². The maximum atomic E-state index is 12.2. The fraction of sp³-hybridized carbons (Fsp3) is 0.467. The van der Waals surface area contributed by atoms with E-state index in [9.17, 15) is 9.59 Å². The summed E-state index contributed by atoms with van der Waals surface area (Å²) >= 11 is 3.37. The lowest BCUT2D eigenvalue weighted by atomic mass is 10.1. The van der Waals surface area contributed by atoms with E-state index in [1.165, 1.54) is 0 Å². The molecule has 2 rings (SSSR count). The molecule has 0 radical (unpaired) electrons. The monoisotopic (exact) mass is 338 g/mol. The Hall–Kier alpha value is -1.36. The van der Waals surface area contributed by atoms with Crippen molar-refractivity contribution in [3.05, 3.63) is 28.7 Å². The van der Waals surface area contributed by atoms with Crippen molar-refractivity contribution in [2.24, 2.45) is 5.92 Å². The number of halogens is 1. The summed E-state index contributed by atoms with van der Waals surface area (Å²) in [7, 11) is 0. The van der Waals surface area contributed by atoms with E-state index in [2.05, 4.69) is 28.2 Å². The zero-order valence-corrected chi connectivity index (χ0v) is 13.1. The number of likely N-dealkylation sites (tertiary alicyclic amines) is 1. The molecule has 0 aliphatic carbocycles. The molecule has 1 unspecified atom stereocenters. The second-order valence-electron chi connectivity index (χ2n) is 5.09. The van der Waals surface area contributed by atoms with Gasteiger partial charge in [-0.2, -0.15) is 0 Å². The molecular weight excluding hydrogens is 320 g/mol. The van der Waals surface area contributed by atoms with E-state index in [0.29, 0.717) is 13.0 Å². The van der Waals surface area contributed by atoms with Crippen molar-refractivity contribution in [1.29, 1.82) is 0 Å². The van der Waals surface area contributed by atoms with Crippen LogP contribution < -0.4 is 5.32 Å². The molecule has 1 aliphatic rings. The van der Waals surface area contributed by atoms with Crippen LogP contribution in [0.5, 0.6) is 0 Å². The van der Waals surface area contributed by atoms with Crippen LogP contribution in [0.25, 0.3) is 0 Å². The van der Waals surface area contributed by atoms with Crippen molar-refractivity contribution in [3.63, 3.8) is 0 Å². The number of anilines is 1. The number of unbranched alkanes of at least 4 members (excludes halogenated alkanes) is 1. The number of hydrogen-bond acceptors (Lipinski definition) is 2. The summed E-state index contributed by atoms with van der Waals surface area (Å²) in [6.45, 7) is 3.40. The first-order valence-electron chi connectivity index (χ1n) is 6.94. The van der Waals surface area contributed by atoms with E-state index in [1.807, 2.05) is 24.3 Å². The molecule has 1 N–H and O–H groups in total. The molecule has 1 heterocycles. The largest absolute Gasteiger partial charge is 0.342 e. The fourth-order valence-electron chi connectivity index (χ4n) is 2.32. The van der Waals surface area contributed by atoms with Gasteiger partial charge >= 0.3 is 0 Å². The molecule has 0 bridgehead atoms. The third-order valence-electron chi connectivity index (χ3n) is 3.46. The van der Waals surface area contributed by atoms with Crippen LogP contribution in [0.4, 0.5) is 5.69 Å². The smallest absolute Gasteiger partial charge is 0.229 e. The summed E-state index contributed by atoms with van der Waals surface area (Å²) in [4.78, 5) is 25.8. The van der Waals surface area contributed by atoms with Crippen molar-refractivity contribution >= 4 is 33.4 Å². The Morgan fingerprint density at radius 2 is 2.30 bits per heavy atom. The van der Waals surface area contributed by atoms with E-state index < -0.39 is 0 Å². The summed E-state index contributed by atoms with van der Waals surface area (Å²) in [5.74, 6) is -0.221. The van der Waals surface area contributed by atoms with Gasteiger partial charge in [0.05, 0.1) is 5.92 Å². The molecule has 5 heteroatoms. The molecule has 0 saturated carbocycles. The molecule has 0 spiro atoms. The number of nitrogens with one attached hydrogen (secondary N) is 1. The van der Waals surface area contributed by atoms with Gasteiger partial charge in [-0.15, -0.1) is 0 Å². The number of benzene rings is 1. The van der Waals surface area contributed by atoms with Crippen molar-refractivity contribution in [1.82, 2.24) is 4.90 Å². The molecule has 1 aromatic rings. The summed E-state index contributed by atoms with van der Waals surface area (Å²) in [5.41, 5.74) is 0.754. The second kappa shape index (κ2) is 6.88. The van der Waals surface area contributed by atoms with Crippen molar-refractivity contribution in [3.8, 4) is 0 Å². The van der Waals surface area contributed by atoms with E-state index in [-0.39, 0.29) is 17.7 Å². The zero-order chi connectivity index (χ0) is 14.5. The Balaban J connectivity index is 1.92. The fourth-order valence-corrected chi connectivity index (χ4v) is 2.72. The Labute approximate surface area is 127 Å². The van der Waals surface area contributed by atoms with Crippen LogP contribution in [0, 0.1) is 5.92 Å². The average Bonchev–Trinajstić information content (AvgIpc) is 2.78. The molecule has 1 aliphatic heterocycles. The van der Waals surface area contributed by atoms with Gasteiger partial charge in [0.1, 0.15) is 0 Å². The predicted octanol–water partition coefficient (Wildman–Crippen LogP) is 3.04. The maximum absolute atomic E-state index is 12.2. The van der Waals surface area contributed by atoms with Crippen molar-refractivity contribution in [2.45, 2.75) is 26.2 Å². The van der Waals surface area contributed by atoms with Crippen LogP contribution >= 0.6 is 15.9 Å². The first kappa shape index (κ1) is 15.0. The molecule has 1 atom stereocenters. The first-order valence-corrected chi connectivity index (χ1v) is 7.73. The van der Waals surface area contributed by atoms with E-state index in [0.717, 1.165) is 29.5 Å². The molecule has 1 aromatic carbocycles. The highest BCUT2D eigenvalue weighted by Gasteiger charge is 2.33. The standard InChI is InChI=1S/C15H19BrN2O2/c1-2-3-7-18-10-11(8-14(18)19)15(20)17-13-6-4-5-12(16)9-13/h4-6,9,11H,2-3,7-8,10H2,1H3,(H,17,20). The van der Waals surface area contributed by atoms with Gasteiger partial charge in [0.15, 0.2) is 0 Å². The lowest BCUT2D eigenvalue weighted by Crippen LogP contribution is -2.29. The van der Waals surface area contributed by atoms with Crippen LogP contribution in [-0.4, -0.2) is 29.8 Å². The molecule has 1 saturated heterocycles. The first-order chi connectivity index (χ1) is 9.60. The third-order valence-corrected chi connectivity index (χ3v) is 3.95. The molecule has 4 nitrogen and oxygen atoms in total. The zero-order valence-electron chi connectivity index (χ0n) is 11.6. The van der Waals surface area contributed by atoms with Gasteiger partial charge < -0.3 is 10.2 Å². The Kier molecular flexibility index (Phi) is 5.17. The number of hydrogen-bond donors (Lipinski definition) is 1. The van der Waals surface area contributed by atoms with Gasteiger partial charge in [-0.3, -0.25) is 9.59 Å². The molecule has 1 fully saturated rings. The summed E-state index contributed by atoms with van der Waals surface area (Å²) < 4.78 is 0.919.